The Labute approximate surface area is 216 Å². The van der Waals surface area contributed by atoms with Gasteiger partial charge in [-0.3, -0.25) is 9.36 Å². The minimum atomic E-state index is -0.648. The summed E-state index contributed by atoms with van der Waals surface area (Å²) in [5.41, 5.74) is 3.50. The average molecular weight is 555 g/mol. The van der Waals surface area contributed by atoms with Gasteiger partial charge in [-0.2, -0.15) is 0 Å². The molecule has 0 unspecified atom stereocenters. The Kier molecular flexibility index (Phi) is 7.42. The predicted octanol–water partition coefficient (Wildman–Crippen LogP) is 4.66. The summed E-state index contributed by atoms with van der Waals surface area (Å²) in [4.78, 5) is 31.8. The number of carbonyl (C=O) groups excluding carboxylic acids is 1. The SMILES string of the molecule is CCOC(=O)C1=C(C)N=c2s/c(=C\c3ccc(C)c(Br)c3)c(=O)n2[C@@H]1c1ccc(OC(C)C)cc1. The second-order valence-corrected chi connectivity index (χ2v) is 10.4. The van der Waals surface area contributed by atoms with Crippen LogP contribution in [0.3, 0.4) is 0 Å². The van der Waals surface area contributed by atoms with Crippen LogP contribution in [0.4, 0.5) is 0 Å². The maximum Gasteiger partial charge on any atom is 0.338 e. The number of hydrogen-bond acceptors (Lipinski definition) is 6. The van der Waals surface area contributed by atoms with E-state index in [1.54, 1.807) is 18.4 Å². The molecule has 0 amide bonds. The summed E-state index contributed by atoms with van der Waals surface area (Å²) in [6.45, 7) is 9.71. The van der Waals surface area contributed by atoms with Crippen molar-refractivity contribution in [3.63, 3.8) is 0 Å². The number of thiazole rings is 1. The number of allylic oxidation sites excluding steroid dienone is 1. The zero-order valence-electron chi connectivity index (χ0n) is 20.3. The van der Waals surface area contributed by atoms with Gasteiger partial charge in [-0.25, -0.2) is 9.79 Å². The molecule has 0 saturated heterocycles. The number of fused-ring (bicyclic) bond motifs is 1. The summed E-state index contributed by atoms with van der Waals surface area (Å²) >= 11 is 4.86. The number of aryl methyl sites for hydroxylation is 1. The molecule has 35 heavy (non-hydrogen) atoms. The fourth-order valence-corrected chi connectivity index (χ4v) is 5.40. The largest absolute Gasteiger partial charge is 0.491 e. The third-order valence-corrected chi connectivity index (χ3v) is 7.42. The number of esters is 1. The lowest BCUT2D eigenvalue weighted by molar-refractivity contribution is -0.139. The van der Waals surface area contributed by atoms with Crippen LogP contribution in [0, 0.1) is 6.92 Å². The molecule has 0 aliphatic carbocycles. The second kappa shape index (κ2) is 10.3. The number of halogens is 1. The zero-order valence-corrected chi connectivity index (χ0v) is 22.7. The molecule has 1 aliphatic heterocycles. The highest BCUT2D eigenvalue weighted by molar-refractivity contribution is 9.10. The standard InChI is InChI=1S/C27H27BrN2O4S/c1-6-33-26(32)23-17(5)29-27-30(24(23)19-9-11-20(12-10-19)34-15(2)3)25(31)22(35-27)14-18-8-7-16(4)21(28)13-18/h7-15,24H,6H2,1-5H3/b22-14-/t24-/m1/s1. The Morgan fingerprint density at radius 3 is 2.54 bits per heavy atom. The number of nitrogens with zero attached hydrogens (tertiary/aromatic N) is 2. The van der Waals surface area contributed by atoms with Crippen molar-refractivity contribution in [2.75, 3.05) is 6.61 Å². The summed E-state index contributed by atoms with van der Waals surface area (Å²) in [5.74, 6) is 0.248. The highest BCUT2D eigenvalue weighted by atomic mass is 79.9. The Hall–Kier alpha value is -2.97. The van der Waals surface area contributed by atoms with Crippen molar-refractivity contribution in [2.24, 2.45) is 4.99 Å². The summed E-state index contributed by atoms with van der Waals surface area (Å²) in [6.07, 6.45) is 1.89. The van der Waals surface area contributed by atoms with Gasteiger partial charge in [-0.05, 0) is 75.6 Å². The van der Waals surface area contributed by atoms with E-state index in [0.717, 1.165) is 26.9 Å². The molecule has 3 aromatic rings. The van der Waals surface area contributed by atoms with E-state index >= 15 is 0 Å². The van der Waals surface area contributed by atoms with Crippen molar-refractivity contribution in [3.8, 4) is 5.75 Å². The van der Waals surface area contributed by atoms with Crippen LogP contribution in [0.25, 0.3) is 6.08 Å². The van der Waals surface area contributed by atoms with E-state index in [1.165, 1.54) is 11.3 Å². The molecule has 0 N–H and O–H groups in total. The van der Waals surface area contributed by atoms with E-state index in [0.29, 0.717) is 20.6 Å². The first-order chi connectivity index (χ1) is 16.7. The molecular formula is C27H27BrN2O4S. The minimum Gasteiger partial charge on any atom is -0.491 e. The monoisotopic (exact) mass is 554 g/mol. The normalized spacial score (nSPS) is 15.7. The number of rotatable bonds is 6. The third-order valence-electron chi connectivity index (χ3n) is 5.58. The Bertz CT molecular complexity index is 1480. The summed E-state index contributed by atoms with van der Waals surface area (Å²) in [6, 6.07) is 12.8. The van der Waals surface area contributed by atoms with E-state index in [1.807, 2.05) is 69.3 Å². The molecule has 6 nitrogen and oxygen atoms in total. The Morgan fingerprint density at radius 2 is 1.91 bits per heavy atom. The maximum absolute atomic E-state index is 13.7. The lowest BCUT2D eigenvalue weighted by atomic mass is 9.96. The zero-order chi connectivity index (χ0) is 25.3. The first-order valence-corrected chi connectivity index (χ1v) is 13.0. The second-order valence-electron chi connectivity index (χ2n) is 8.55. The molecule has 182 valence electrons. The fraction of sp³-hybridized carbons (Fsp3) is 0.296. The van der Waals surface area contributed by atoms with Crippen molar-refractivity contribution in [1.82, 2.24) is 4.57 Å². The molecule has 0 fully saturated rings. The van der Waals surface area contributed by atoms with Crippen molar-refractivity contribution >= 4 is 39.3 Å². The number of ether oxygens (including phenoxy) is 2. The van der Waals surface area contributed by atoms with Gasteiger partial charge in [0.25, 0.3) is 5.56 Å². The van der Waals surface area contributed by atoms with E-state index in [9.17, 15) is 9.59 Å². The number of aromatic nitrogens is 1. The molecule has 0 saturated carbocycles. The molecule has 8 heteroatoms. The van der Waals surface area contributed by atoms with Crippen LogP contribution in [-0.4, -0.2) is 23.2 Å². The quantitative estimate of drug-likeness (QED) is 0.415. The molecule has 0 bridgehead atoms. The number of hydrogen-bond donors (Lipinski definition) is 0. The van der Waals surface area contributed by atoms with Crippen molar-refractivity contribution in [2.45, 2.75) is 46.8 Å². The van der Waals surface area contributed by atoms with Gasteiger partial charge in [0.15, 0.2) is 4.80 Å². The van der Waals surface area contributed by atoms with Gasteiger partial charge in [0, 0.05) is 4.47 Å². The van der Waals surface area contributed by atoms with Gasteiger partial charge in [-0.15, -0.1) is 0 Å². The van der Waals surface area contributed by atoms with Gasteiger partial charge < -0.3 is 9.47 Å². The van der Waals surface area contributed by atoms with Gasteiger partial charge in [0.05, 0.1) is 34.6 Å². The van der Waals surface area contributed by atoms with E-state index in [4.69, 9.17) is 9.47 Å². The van der Waals surface area contributed by atoms with Crippen molar-refractivity contribution in [1.29, 1.82) is 0 Å². The molecule has 2 aromatic carbocycles. The lowest BCUT2D eigenvalue weighted by Gasteiger charge is -2.25. The first kappa shape index (κ1) is 25.1. The van der Waals surface area contributed by atoms with Crippen LogP contribution in [-0.2, 0) is 9.53 Å². The lowest BCUT2D eigenvalue weighted by Crippen LogP contribution is -2.39. The first-order valence-electron chi connectivity index (χ1n) is 11.4. The topological polar surface area (TPSA) is 69.9 Å². The predicted molar refractivity (Wildman–Crippen MR) is 141 cm³/mol. The molecule has 0 spiro atoms. The Morgan fingerprint density at radius 1 is 1.20 bits per heavy atom. The van der Waals surface area contributed by atoms with Crippen LogP contribution in [0.5, 0.6) is 5.75 Å². The van der Waals surface area contributed by atoms with Crippen molar-refractivity contribution < 1.29 is 14.3 Å². The fourth-order valence-electron chi connectivity index (χ4n) is 3.96. The maximum atomic E-state index is 13.7. The van der Waals surface area contributed by atoms with Crippen LogP contribution in [0.1, 0.15) is 50.4 Å². The highest BCUT2D eigenvalue weighted by Crippen LogP contribution is 2.31. The summed E-state index contributed by atoms with van der Waals surface area (Å²) < 4.78 is 14.2. The molecule has 1 aromatic heterocycles. The van der Waals surface area contributed by atoms with Gasteiger partial charge in [0.1, 0.15) is 5.75 Å². The minimum absolute atomic E-state index is 0.0394. The van der Waals surface area contributed by atoms with Crippen LogP contribution >= 0.6 is 27.3 Å². The number of benzene rings is 2. The van der Waals surface area contributed by atoms with Crippen LogP contribution < -0.4 is 19.6 Å². The molecule has 4 rings (SSSR count). The average Bonchev–Trinajstić information content (AvgIpc) is 3.10. The molecule has 2 heterocycles. The molecular weight excluding hydrogens is 528 g/mol. The highest BCUT2D eigenvalue weighted by Gasteiger charge is 2.33. The molecule has 1 atom stereocenters. The van der Waals surface area contributed by atoms with Crippen molar-refractivity contribution in [3.05, 3.63) is 94.6 Å². The molecule has 0 radical (unpaired) electrons. The smallest absolute Gasteiger partial charge is 0.338 e. The Balaban J connectivity index is 1.89. The van der Waals surface area contributed by atoms with E-state index < -0.39 is 12.0 Å². The summed E-state index contributed by atoms with van der Waals surface area (Å²) in [7, 11) is 0. The summed E-state index contributed by atoms with van der Waals surface area (Å²) in [5, 5.41) is 0. The van der Waals surface area contributed by atoms with Crippen LogP contribution in [0.2, 0.25) is 0 Å². The van der Waals surface area contributed by atoms with E-state index in [2.05, 4.69) is 20.9 Å². The van der Waals surface area contributed by atoms with Gasteiger partial charge in [-0.1, -0.05) is 51.5 Å². The molecule has 1 aliphatic rings. The van der Waals surface area contributed by atoms with Gasteiger partial charge in [0.2, 0.25) is 0 Å². The van der Waals surface area contributed by atoms with Gasteiger partial charge >= 0.3 is 5.97 Å². The van der Waals surface area contributed by atoms with E-state index in [-0.39, 0.29) is 18.3 Å². The van der Waals surface area contributed by atoms with Crippen LogP contribution in [0.15, 0.2) is 68.0 Å². The third kappa shape index (κ3) is 5.18. The number of carbonyl (C=O) groups is 1.